The van der Waals surface area contributed by atoms with Crippen molar-refractivity contribution in [3.8, 4) is 0 Å². The van der Waals surface area contributed by atoms with E-state index in [-0.39, 0.29) is 18.1 Å². The van der Waals surface area contributed by atoms with E-state index in [9.17, 15) is 9.59 Å². The van der Waals surface area contributed by atoms with E-state index in [0.717, 1.165) is 12.8 Å². The predicted octanol–water partition coefficient (Wildman–Crippen LogP) is 1.95. The maximum Gasteiger partial charge on any atom is 0.337 e. The molecule has 4 rings (SSSR count). The van der Waals surface area contributed by atoms with Gasteiger partial charge in [0.1, 0.15) is 6.10 Å². The molecular weight excluding hydrogens is 258 g/mol. The van der Waals surface area contributed by atoms with Crippen LogP contribution >= 0.6 is 0 Å². The number of methoxy groups -OCH3 is 1. The second kappa shape index (κ2) is 5.09. The van der Waals surface area contributed by atoms with Crippen molar-refractivity contribution in [1.82, 2.24) is 5.06 Å². The fraction of sp³-hybridized carbons (Fsp3) is 0.333. The second-order valence-corrected chi connectivity index (χ2v) is 4.88. The number of amides is 1. The van der Waals surface area contributed by atoms with Crippen molar-refractivity contribution in [2.45, 2.75) is 25.0 Å². The molecule has 1 fully saturated rings. The van der Waals surface area contributed by atoms with Gasteiger partial charge in [0.05, 0.1) is 18.7 Å². The zero-order valence-electron chi connectivity index (χ0n) is 11.1. The van der Waals surface area contributed by atoms with Gasteiger partial charge in [0.25, 0.3) is 5.91 Å². The van der Waals surface area contributed by atoms with Crippen molar-refractivity contribution < 1.29 is 19.2 Å². The van der Waals surface area contributed by atoms with Crippen LogP contribution in [0.1, 0.15) is 33.6 Å². The van der Waals surface area contributed by atoms with Gasteiger partial charge in [-0.3, -0.25) is 9.63 Å². The van der Waals surface area contributed by atoms with E-state index in [4.69, 9.17) is 4.84 Å². The average Bonchev–Trinajstić information content (AvgIpc) is 2.54. The topological polar surface area (TPSA) is 55.8 Å². The maximum atomic E-state index is 12.5. The molecule has 2 bridgehead atoms. The van der Waals surface area contributed by atoms with E-state index >= 15 is 0 Å². The monoisotopic (exact) mass is 273 g/mol. The maximum absolute atomic E-state index is 12.5. The molecule has 0 saturated carbocycles. The largest absolute Gasteiger partial charge is 0.465 e. The minimum absolute atomic E-state index is 0.0192. The molecule has 0 spiro atoms. The number of rotatable bonds is 2. The quantitative estimate of drug-likeness (QED) is 0.610. The number of ether oxygens (including phenoxy) is 1. The average molecular weight is 273 g/mol. The lowest BCUT2D eigenvalue weighted by Gasteiger charge is -2.40. The van der Waals surface area contributed by atoms with Crippen LogP contribution in [0.5, 0.6) is 0 Å². The van der Waals surface area contributed by atoms with Gasteiger partial charge in [-0.1, -0.05) is 18.2 Å². The van der Waals surface area contributed by atoms with Crippen molar-refractivity contribution in [3.05, 3.63) is 47.5 Å². The lowest BCUT2D eigenvalue weighted by atomic mass is 9.97. The summed E-state index contributed by atoms with van der Waals surface area (Å²) in [5, 5.41) is 1.41. The van der Waals surface area contributed by atoms with Crippen molar-refractivity contribution in [3.63, 3.8) is 0 Å². The highest BCUT2D eigenvalue weighted by molar-refractivity contribution is 5.97. The number of carbonyl (C=O) groups is 2. The second-order valence-electron chi connectivity index (χ2n) is 4.88. The molecule has 5 nitrogen and oxygen atoms in total. The smallest absolute Gasteiger partial charge is 0.337 e. The molecule has 0 unspecified atom stereocenters. The molecule has 2 atom stereocenters. The molecular formula is C15H15NO4. The molecule has 2 aliphatic heterocycles. The number of carbonyl (C=O) groups excluding carboxylic acids is 2. The number of esters is 1. The van der Waals surface area contributed by atoms with Crippen LogP contribution in [-0.4, -0.2) is 36.2 Å². The van der Waals surface area contributed by atoms with Gasteiger partial charge in [-0.25, -0.2) is 9.86 Å². The Kier molecular flexibility index (Phi) is 3.28. The Morgan fingerprint density at radius 2 is 2.05 bits per heavy atom. The van der Waals surface area contributed by atoms with Crippen LogP contribution < -0.4 is 0 Å². The summed E-state index contributed by atoms with van der Waals surface area (Å²) < 4.78 is 4.66. The van der Waals surface area contributed by atoms with Crippen LogP contribution in [0.3, 0.4) is 0 Å². The Balaban J connectivity index is 1.84. The summed E-state index contributed by atoms with van der Waals surface area (Å²) in [4.78, 5) is 29.6. The van der Waals surface area contributed by atoms with E-state index in [1.54, 1.807) is 18.2 Å². The van der Waals surface area contributed by atoms with E-state index in [1.165, 1.54) is 18.2 Å². The molecule has 5 heteroatoms. The number of hydrogen-bond acceptors (Lipinski definition) is 4. The molecule has 0 radical (unpaired) electrons. The number of benzene rings is 1. The van der Waals surface area contributed by atoms with E-state index in [1.807, 2.05) is 12.2 Å². The summed E-state index contributed by atoms with van der Waals surface area (Å²) in [6, 6.07) is 6.46. The third-order valence-electron chi connectivity index (χ3n) is 3.58. The Hall–Kier alpha value is -2.14. The first-order valence-electron chi connectivity index (χ1n) is 6.56. The highest BCUT2D eigenvalue weighted by atomic mass is 16.7. The molecule has 1 amide bonds. The Bertz CT molecular complexity index is 581. The van der Waals surface area contributed by atoms with Crippen molar-refractivity contribution in [2.24, 2.45) is 0 Å². The summed E-state index contributed by atoms with van der Waals surface area (Å²) in [6.07, 6.45) is 5.81. The first-order valence-corrected chi connectivity index (χ1v) is 6.56. The SMILES string of the molecule is COC(=O)c1cccc(C(=O)N2O[C@H]3C=C[C@@H]2CC3)c1. The number of hydroxylamine groups is 2. The van der Waals surface area contributed by atoms with E-state index in [2.05, 4.69) is 4.74 Å². The first-order chi connectivity index (χ1) is 9.69. The lowest BCUT2D eigenvalue weighted by Crippen LogP contribution is -2.48. The molecule has 1 aromatic carbocycles. The van der Waals surface area contributed by atoms with Crippen LogP contribution in [0.25, 0.3) is 0 Å². The highest BCUT2D eigenvalue weighted by Gasteiger charge is 2.34. The van der Waals surface area contributed by atoms with Crippen molar-refractivity contribution in [1.29, 1.82) is 0 Å². The Morgan fingerprint density at radius 3 is 2.65 bits per heavy atom. The normalized spacial score (nSPS) is 23.8. The Labute approximate surface area is 116 Å². The first kappa shape index (κ1) is 12.9. The minimum Gasteiger partial charge on any atom is -0.465 e. The molecule has 3 aliphatic rings. The molecule has 1 aliphatic carbocycles. The standard InChI is InChI=1S/C15H15NO4/c1-19-15(18)11-4-2-3-10(9-11)14(17)16-12-5-7-13(20-16)8-6-12/h2-5,7,9,12-13H,6,8H2,1H3/t12-,13+/m1/s1. The fourth-order valence-electron chi connectivity index (χ4n) is 2.51. The van der Waals surface area contributed by atoms with Crippen LogP contribution in [0.2, 0.25) is 0 Å². The van der Waals surface area contributed by atoms with Crippen LogP contribution in [-0.2, 0) is 9.57 Å². The van der Waals surface area contributed by atoms with Gasteiger partial charge in [0.2, 0.25) is 0 Å². The molecule has 104 valence electrons. The molecule has 0 N–H and O–H groups in total. The molecule has 20 heavy (non-hydrogen) atoms. The van der Waals surface area contributed by atoms with Crippen LogP contribution in [0, 0.1) is 0 Å². The Morgan fingerprint density at radius 1 is 1.25 bits per heavy atom. The van der Waals surface area contributed by atoms with Gasteiger partial charge >= 0.3 is 5.97 Å². The third-order valence-corrected chi connectivity index (χ3v) is 3.58. The third kappa shape index (κ3) is 2.20. The van der Waals surface area contributed by atoms with E-state index < -0.39 is 5.97 Å². The molecule has 0 aromatic heterocycles. The van der Waals surface area contributed by atoms with Gasteiger partial charge in [-0.2, -0.15) is 0 Å². The molecule has 1 aromatic rings. The van der Waals surface area contributed by atoms with Gasteiger partial charge in [0, 0.05) is 5.56 Å². The lowest BCUT2D eigenvalue weighted by molar-refractivity contribution is -0.197. The van der Waals surface area contributed by atoms with Gasteiger partial charge in [0.15, 0.2) is 0 Å². The van der Waals surface area contributed by atoms with Gasteiger partial charge in [-0.05, 0) is 31.0 Å². The summed E-state index contributed by atoms with van der Waals surface area (Å²) in [6.45, 7) is 0. The van der Waals surface area contributed by atoms with Gasteiger partial charge in [-0.15, -0.1) is 0 Å². The molecule has 2 heterocycles. The summed E-state index contributed by atoms with van der Waals surface area (Å²) in [7, 11) is 1.31. The van der Waals surface area contributed by atoms with Gasteiger partial charge < -0.3 is 4.74 Å². The summed E-state index contributed by atoms with van der Waals surface area (Å²) in [5.74, 6) is -0.685. The van der Waals surface area contributed by atoms with E-state index in [0.29, 0.717) is 11.1 Å². The highest BCUT2D eigenvalue weighted by Crippen LogP contribution is 2.28. The number of hydrogen-bond donors (Lipinski definition) is 0. The van der Waals surface area contributed by atoms with Crippen molar-refractivity contribution >= 4 is 11.9 Å². The summed E-state index contributed by atoms with van der Waals surface area (Å²) in [5.41, 5.74) is 0.782. The fourth-order valence-corrected chi connectivity index (χ4v) is 2.51. The zero-order valence-corrected chi connectivity index (χ0v) is 11.1. The van der Waals surface area contributed by atoms with Crippen LogP contribution in [0.4, 0.5) is 0 Å². The predicted molar refractivity (Wildman–Crippen MR) is 71.0 cm³/mol. The number of nitrogens with zero attached hydrogens (tertiary/aromatic N) is 1. The molecule has 1 saturated heterocycles. The summed E-state index contributed by atoms with van der Waals surface area (Å²) >= 11 is 0. The zero-order chi connectivity index (χ0) is 14.1. The number of fused-ring (bicyclic) bond motifs is 2. The van der Waals surface area contributed by atoms with Crippen LogP contribution in [0.15, 0.2) is 36.4 Å². The van der Waals surface area contributed by atoms with Crippen molar-refractivity contribution in [2.75, 3.05) is 7.11 Å². The minimum atomic E-state index is -0.458.